The lowest BCUT2D eigenvalue weighted by Crippen LogP contribution is -2.43. The van der Waals surface area contributed by atoms with Crippen LogP contribution in [0.5, 0.6) is 5.75 Å². The summed E-state index contributed by atoms with van der Waals surface area (Å²) in [5.41, 5.74) is 1.70. The number of aryl methyl sites for hydroxylation is 1. The number of piperazine rings is 1. The summed E-state index contributed by atoms with van der Waals surface area (Å²) in [6.07, 6.45) is -3.14. The number of halogens is 3. The van der Waals surface area contributed by atoms with Gasteiger partial charge >= 0.3 is 6.36 Å². The number of amides is 1. The van der Waals surface area contributed by atoms with Crippen molar-refractivity contribution >= 4 is 11.6 Å². The number of carbonyl (C=O) groups is 1. The van der Waals surface area contributed by atoms with E-state index in [-0.39, 0.29) is 17.1 Å². The minimum atomic E-state index is -4.80. The molecular formula is C20H23F3N4O2. The fourth-order valence-electron chi connectivity index (χ4n) is 3.02. The lowest BCUT2D eigenvalue weighted by atomic mass is 10.2. The van der Waals surface area contributed by atoms with Crippen LogP contribution in [0.25, 0.3) is 0 Å². The molecule has 1 aromatic carbocycles. The van der Waals surface area contributed by atoms with E-state index in [0.717, 1.165) is 44.4 Å². The minimum Gasteiger partial charge on any atom is -0.405 e. The number of benzene rings is 1. The number of nitrogens with zero attached hydrogens (tertiary/aromatic N) is 3. The van der Waals surface area contributed by atoms with Crippen LogP contribution in [0.15, 0.2) is 36.5 Å². The average molecular weight is 408 g/mol. The van der Waals surface area contributed by atoms with Crippen molar-refractivity contribution < 1.29 is 22.7 Å². The smallest absolute Gasteiger partial charge is 0.405 e. The molecule has 0 radical (unpaired) electrons. The molecule has 9 heteroatoms. The number of pyridine rings is 1. The van der Waals surface area contributed by atoms with Gasteiger partial charge in [0.05, 0.1) is 0 Å². The molecule has 3 rings (SSSR count). The summed E-state index contributed by atoms with van der Waals surface area (Å²) >= 11 is 0. The van der Waals surface area contributed by atoms with Crippen molar-refractivity contribution in [1.29, 1.82) is 0 Å². The molecule has 1 saturated heterocycles. The summed E-state index contributed by atoms with van der Waals surface area (Å²) in [6.45, 7) is 6.25. The third-order valence-corrected chi connectivity index (χ3v) is 4.73. The van der Waals surface area contributed by atoms with E-state index in [4.69, 9.17) is 0 Å². The molecule has 0 aliphatic carbocycles. The monoisotopic (exact) mass is 408 g/mol. The standard InChI is InChI=1S/C20H23F3N4O2/c1-14-3-5-16(11-18(14)29-20(21,22)23)25-19(28)17-6-4-15(12-24-17)13-27-9-7-26(2)8-10-27/h3-6,11-12H,7-10,13H2,1-2H3,(H,25,28). The predicted molar refractivity (Wildman–Crippen MR) is 103 cm³/mol. The van der Waals surface area contributed by atoms with E-state index in [0.29, 0.717) is 5.56 Å². The first-order valence-corrected chi connectivity index (χ1v) is 9.23. The van der Waals surface area contributed by atoms with Crippen molar-refractivity contribution in [3.63, 3.8) is 0 Å². The molecule has 0 spiro atoms. The Balaban J connectivity index is 1.61. The lowest BCUT2D eigenvalue weighted by molar-refractivity contribution is -0.274. The van der Waals surface area contributed by atoms with Crippen molar-refractivity contribution in [2.24, 2.45) is 0 Å². The highest BCUT2D eigenvalue weighted by atomic mass is 19.4. The number of hydrogen-bond acceptors (Lipinski definition) is 5. The minimum absolute atomic E-state index is 0.186. The SMILES string of the molecule is Cc1ccc(NC(=O)c2ccc(CN3CCN(C)CC3)cn2)cc1OC(F)(F)F. The quantitative estimate of drug-likeness (QED) is 0.823. The van der Waals surface area contributed by atoms with Gasteiger partial charge in [-0.05, 0) is 37.2 Å². The Labute approximate surface area is 167 Å². The molecule has 0 atom stereocenters. The largest absolute Gasteiger partial charge is 0.573 e. The van der Waals surface area contributed by atoms with E-state index >= 15 is 0 Å². The third kappa shape index (κ3) is 6.16. The summed E-state index contributed by atoms with van der Waals surface area (Å²) in [7, 11) is 2.10. The van der Waals surface area contributed by atoms with Gasteiger partial charge in [0.25, 0.3) is 5.91 Å². The van der Waals surface area contributed by atoms with Gasteiger partial charge < -0.3 is 15.0 Å². The molecule has 29 heavy (non-hydrogen) atoms. The summed E-state index contributed by atoms with van der Waals surface area (Å²) < 4.78 is 41.4. The molecule has 1 amide bonds. The zero-order valence-corrected chi connectivity index (χ0v) is 16.3. The van der Waals surface area contributed by atoms with Crippen LogP contribution in [0.1, 0.15) is 21.6 Å². The first-order chi connectivity index (χ1) is 13.7. The van der Waals surface area contributed by atoms with Crippen LogP contribution in [0.2, 0.25) is 0 Å². The van der Waals surface area contributed by atoms with E-state index < -0.39 is 12.3 Å². The fourth-order valence-corrected chi connectivity index (χ4v) is 3.02. The van der Waals surface area contributed by atoms with Gasteiger partial charge in [-0.1, -0.05) is 12.1 Å². The second-order valence-corrected chi connectivity index (χ2v) is 7.11. The summed E-state index contributed by atoms with van der Waals surface area (Å²) in [5.74, 6) is -0.858. The van der Waals surface area contributed by atoms with Crippen molar-refractivity contribution in [3.8, 4) is 5.75 Å². The van der Waals surface area contributed by atoms with Crippen LogP contribution < -0.4 is 10.1 Å². The van der Waals surface area contributed by atoms with Gasteiger partial charge in [-0.2, -0.15) is 0 Å². The van der Waals surface area contributed by atoms with Gasteiger partial charge in [-0.15, -0.1) is 13.2 Å². The Kier molecular flexibility index (Phi) is 6.39. The highest BCUT2D eigenvalue weighted by Gasteiger charge is 2.31. The topological polar surface area (TPSA) is 57.7 Å². The number of aromatic nitrogens is 1. The molecule has 1 aromatic heterocycles. The van der Waals surface area contributed by atoms with Crippen molar-refractivity contribution in [3.05, 3.63) is 53.3 Å². The first-order valence-electron chi connectivity index (χ1n) is 9.23. The van der Waals surface area contributed by atoms with Crippen LogP contribution in [-0.2, 0) is 6.54 Å². The van der Waals surface area contributed by atoms with Gasteiger partial charge in [0, 0.05) is 50.7 Å². The molecule has 1 aliphatic heterocycles. The van der Waals surface area contributed by atoms with Gasteiger partial charge in [-0.25, -0.2) is 0 Å². The summed E-state index contributed by atoms with van der Waals surface area (Å²) in [4.78, 5) is 21.2. The van der Waals surface area contributed by atoms with Crippen LogP contribution in [0.4, 0.5) is 18.9 Å². The molecule has 0 unspecified atom stereocenters. The number of hydrogen-bond donors (Lipinski definition) is 1. The van der Waals surface area contributed by atoms with E-state index in [9.17, 15) is 18.0 Å². The molecule has 2 aromatic rings. The number of rotatable bonds is 5. The average Bonchev–Trinajstić information content (AvgIpc) is 2.66. The zero-order chi connectivity index (χ0) is 21.0. The van der Waals surface area contributed by atoms with Crippen molar-refractivity contribution in [2.45, 2.75) is 19.8 Å². The number of likely N-dealkylation sites (N-methyl/N-ethyl adjacent to an activating group) is 1. The zero-order valence-electron chi connectivity index (χ0n) is 16.3. The lowest BCUT2D eigenvalue weighted by Gasteiger charge is -2.32. The summed E-state index contributed by atoms with van der Waals surface area (Å²) in [6, 6.07) is 7.56. The van der Waals surface area contributed by atoms with Gasteiger partial charge in [0.1, 0.15) is 11.4 Å². The molecule has 1 aliphatic rings. The molecule has 6 nitrogen and oxygen atoms in total. The predicted octanol–water partition coefficient (Wildman–Crippen LogP) is 3.29. The van der Waals surface area contributed by atoms with E-state index in [2.05, 4.69) is 31.9 Å². The van der Waals surface area contributed by atoms with Gasteiger partial charge in [-0.3, -0.25) is 14.7 Å². The van der Waals surface area contributed by atoms with Crippen molar-refractivity contribution in [2.75, 3.05) is 38.5 Å². The number of alkyl halides is 3. The molecule has 156 valence electrons. The third-order valence-electron chi connectivity index (χ3n) is 4.73. The maximum absolute atomic E-state index is 12.5. The Morgan fingerprint density at radius 2 is 1.90 bits per heavy atom. The number of anilines is 1. The molecule has 1 N–H and O–H groups in total. The normalized spacial score (nSPS) is 15.9. The van der Waals surface area contributed by atoms with Crippen LogP contribution in [-0.4, -0.2) is 60.3 Å². The van der Waals surface area contributed by atoms with Crippen LogP contribution in [0.3, 0.4) is 0 Å². The van der Waals surface area contributed by atoms with Gasteiger partial charge in [0.15, 0.2) is 0 Å². The second kappa shape index (κ2) is 8.79. The van der Waals surface area contributed by atoms with Gasteiger partial charge in [0.2, 0.25) is 0 Å². The van der Waals surface area contributed by atoms with E-state index in [1.807, 2.05) is 6.07 Å². The van der Waals surface area contributed by atoms with E-state index in [1.54, 1.807) is 12.3 Å². The number of ether oxygens (including phenoxy) is 1. The highest BCUT2D eigenvalue weighted by molar-refractivity contribution is 6.02. The fraction of sp³-hybridized carbons (Fsp3) is 0.400. The maximum Gasteiger partial charge on any atom is 0.573 e. The Bertz CT molecular complexity index is 848. The second-order valence-electron chi connectivity index (χ2n) is 7.11. The molecule has 0 saturated carbocycles. The van der Waals surface area contributed by atoms with E-state index in [1.165, 1.54) is 19.1 Å². The van der Waals surface area contributed by atoms with Crippen LogP contribution >= 0.6 is 0 Å². The molecule has 2 heterocycles. The number of nitrogens with one attached hydrogen (secondary N) is 1. The molecule has 1 fully saturated rings. The highest BCUT2D eigenvalue weighted by Crippen LogP contribution is 2.28. The summed E-state index contributed by atoms with van der Waals surface area (Å²) in [5, 5.41) is 2.55. The Hall–Kier alpha value is -2.65. The maximum atomic E-state index is 12.5. The van der Waals surface area contributed by atoms with Crippen molar-refractivity contribution in [1.82, 2.24) is 14.8 Å². The van der Waals surface area contributed by atoms with Crippen LogP contribution in [0, 0.1) is 6.92 Å². The molecule has 0 bridgehead atoms. The molecular weight excluding hydrogens is 385 g/mol. The Morgan fingerprint density at radius 1 is 1.17 bits per heavy atom. The first kappa shape index (κ1) is 21.1. The Morgan fingerprint density at radius 3 is 2.52 bits per heavy atom. The number of carbonyl (C=O) groups excluding carboxylic acids is 1.